The van der Waals surface area contributed by atoms with E-state index in [0.29, 0.717) is 6.54 Å². The molecule has 1 aromatic carbocycles. The van der Waals surface area contributed by atoms with E-state index in [1.54, 1.807) is 0 Å². The Bertz CT molecular complexity index is 735. The van der Waals surface area contributed by atoms with E-state index >= 15 is 0 Å². The number of hydrogen-bond donors (Lipinski definition) is 1. The molecule has 1 saturated heterocycles. The van der Waals surface area contributed by atoms with Crippen LogP contribution in [0.25, 0.3) is 10.9 Å². The van der Waals surface area contributed by atoms with E-state index in [4.69, 9.17) is 10.7 Å². The van der Waals surface area contributed by atoms with E-state index < -0.39 is 5.41 Å². The van der Waals surface area contributed by atoms with E-state index in [1.165, 1.54) is 0 Å². The van der Waals surface area contributed by atoms with Gasteiger partial charge in [0.1, 0.15) is 5.82 Å². The number of nitrogens with zero attached hydrogens (tertiary/aromatic N) is 3. The maximum Gasteiger partial charge on any atom is 0.230 e. The Morgan fingerprint density at radius 1 is 1.04 bits per heavy atom. The van der Waals surface area contributed by atoms with Gasteiger partial charge in [-0.15, -0.1) is 24.8 Å². The molecule has 0 aliphatic carbocycles. The van der Waals surface area contributed by atoms with Crippen LogP contribution in [-0.2, 0) is 4.79 Å². The van der Waals surface area contributed by atoms with Crippen molar-refractivity contribution in [2.45, 2.75) is 26.7 Å². The smallest absolute Gasteiger partial charge is 0.230 e. The highest BCUT2D eigenvalue weighted by Gasteiger charge is 2.37. The fourth-order valence-corrected chi connectivity index (χ4v) is 3.63. The molecule has 1 aromatic heterocycles. The molecule has 2 heterocycles. The maximum absolute atomic E-state index is 12.9. The van der Waals surface area contributed by atoms with Crippen molar-refractivity contribution in [2.24, 2.45) is 11.1 Å². The second kappa shape index (κ2) is 10.1. The van der Waals surface area contributed by atoms with Gasteiger partial charge in [-0.05, 0) is 31.0 Å². The van der Waals surface area contributed by atoms with Crippen molar-refractivity contribution in [3.8, 4) is 0 Å². The zero-order valence-electron chi connectivity index (χ0n) is 16.1. The van der Waals surface area contributed by atoms with Crippen molar-refractivity contribution >= 4 is 47.4 Å². The van der Waals surface area contributed by atoms with Gasteiger partial charge in [0.2, 0.25) is 5.91 Å². The molecule has 0 unspecified atom stereocenters. The molecule has 1 aliphatic rings. The number of anilines is 1. The quantitative estimate of drug-likeness (QED) is 0.815. The second-order valence-corrected chi connectivity index (χ2v) is 6.83. The first kappa shape index (κ1) is 23.5. The number of carbonyl (C=O) groups is 1. The third-order valence-corrected chi connectivity index (χ3v) is 5.67. The van der Waals surface area contributed by atoms with E-state index in [0.717, 1.165) is 55.7 Å². The predicted octanol–water partition coefficient (Wildman–Crippen LogP) is 3.49. The number of rotatable bonds is 5. The molecule has 1 fully saturated rings. The number of pyridine rings is 1. The fourth-order valence-electron chi connectivity index (χ4n) is 3.63. The third-order valence-electron chi connectivity index (χ3n) is 5.67. The van der Waals surface area contributed by atoms with Crippen molar-refractivity contribution in [3.05, 3.63) is 36.4 Å². The Balaban J connectivity index is 0.00000182. The van der Waals surface area contributed by atoms with E-state index in [9.17, 15) is 4.79 Å². The minimum atomic E-state index is -0.399. The number of nitrogens with two attached hydrogens (primary N) is 1. The lowest BCUT2D eigenvalue weighted by atomic mass is 9.81. The summed E-state index contributed by atoms with van der Waals surface area (Å²) in [6.45, 7) is 7.62. The Morgan fingerprint density at radius 3 is 2.26 bits per heavy atom. The summed E-state index contributed by atoms with van der Waals surface area (Å²) in [5.41, 5.74) is 6.55. The van der Waals surface area contributed by atoms with Gasteiger partial charge in [0.25, 0.3) is 0 Å². The normalized spacial score (nSPS) is 14.5. The first-order chi connectivity index (χ1) is 12.1. The summed E-state index contributed by atoms with van der Waals surface area (Å²) in [6, 6.07) is 12.3. The number of carbonyl (C=O) groups excluding carboxylic acids is 1. The molecule has 2 N–H and O–H groups in total. The van der Waals surface area contributed by atoms with E-state index in [-0.39, 0.29) is 30.7 Å². The standard InChI is InChI=1S/C20H28N4O.2ClH/c1-3-20(4-2,15-21)19(25)24-13-11-23(12-14-24)18-10-9-16-7-5-6-8-17(16)22-18;;/h5-10H,3-4,11-15,21H2,1-2H3;2*1H. The zero-order chi connectivity index (χ0) is 17.9. The minimum Gasteiger partial charge on any atom is -0.353 e. The number of fused-ring (bicyclic) bond motifs is 1. The van der Waals surface area contributed by atoms with Crippen molar-refractivity contribution < 1.29 is 4.79 Å². The Hall–Kier alpha value is -1.56. The third kappa shape index (κ3) is 4.65. The molecule has 150 valence electrons. The molecule has 7 heteroatoms. The first-order valence-corrected chi connectivity index (χ1v) is 9.23. The molecule has 0 spiro atoms. The molecule has 0 bridgehead atoms. The highest BCUT2D eigenvalue weighted by atomic mass is 35.5. The maximum atomic E-state index is 12.9. The number of para-hydroxylation sites is 1. The molecular weight excluding hydrogens is 383 g/mol. The number of halogens is 2. The monoisotopic (exact) mass is 412 g/mol. The molecule has 2 aromatic rings. The molecule has 27 heavy (non-hydrogen) atoms. The van der Waals surface area contributed by atoms with Crippen molar-refractivity contribution in [3.63, 3.8) is 0 Å². The summed E-state index contributed by atoms with van der Waals surface area (Å²) in [4.78, 5) is 22.0. The highest BCUT2D eigenvalue weighted by Crippen LogP contribution is 2.29. The molecule has 0 saturated carbocycles. The van der Waals surface area contributed by atoms with Gasteiger partial charge >= 0.3 is 0 Å². The van der Waals surface area contributed by atoms with Crippen LogP contribution in [0, 0.1) is 5.41 Å². The molecule has 3 rings (SSSR count). The van der Waals surface area contributed by atoms with Crippen molar-refractivity contribution in [1.82, 2.24) is 9.88 Å². The Morgan fingerprint density at radius 2 is 1.67 bits per heavy atom. The molecule has 1 aliphatic heterocycles. The lowest BCUT2D eigenvalue weighted by molar-refractivity contribution is -0.142. The topological polar surface area (TPSA) is 62.5 Å². The Kier molecular flexibility index (Phi) is 8.79. The molecule has 0 radical (unpaired) electrons. The van der Waals surface area contributed by atoms with Gasteiger partial charge in [-0.25, -0.2) is 4.98 Å². The minimum absolute atomic E-state index is 0. The first-order valence-electron chi connectivity index (χ1n) is 9.23. The summed E-state index contributed by atoms with van der Waals surface area (Å²) in [5.74, 6) is 1.20. The Labute approximate surface area is 174 Å². The van der Waals surface area contributed by atoms with Crippen molar-refractivity contribution in [2.75, 3.05) is 37.6 Å². The summed E-state index contributed by atoms with van der Waals surface area (Å²) in [5, 5.41) is 1.15. The largest absolute Gasteiger partial charge is 0.353 e. The number of hydrogen-bond acceptors (Lipinski definition) is 4. The van der Waals surface area contributed by atoms with Crippen LogP contribution in [0.1, 0.15) is 26.7 Å². The van der Waals surface area contributed by atoms with E-state index in [1.807, 2.05) is 23.1 Å². The number of amides is 1. The molecule has 0 atom stereocenters. The lowest BCUT2D eigenvalue weighted by Crippen LogP contribution is -2.55. The van der Waals surface area contributed by atoms with Crippen LogP contribution in [0.3, 0.4) is 0 Å². The molecule has 1 amide bonds. The van der Waals surface area contributed by atoms with Gasteiger partial charge in [-0.3, -0.25) is 4.79 Å². The molecule has 5 nitrogen and oxygen atoms in total. The van der Waals surface area contributed by atoms with Crippen LogP contribution in [0.2, 0.25) is 0 Å². The summed E-state index contributed by atoms with van der Waals surface area (Å²) in [6.07, 6.45) is 1.59. The van der Waals surface area contributed by atoms with Gasteiger partial charge in [-0.1, -0.05) is 32.0 Å². The summed E-state index contributed by atoms with van der Waals surface area (Å²) >= 11 is 0. The van der Waals surface area contributed by atoms with Gasteiger partial charge in [0.05, 0.1) is 10.9 Å². The average molecular weight is 413 g/mol. The fraction of sp³-hybridized carbons (Fsp3) is 0.500. The lowest BCUT2D eigenvalue weighted by Gasteiger charge is -2.40. The van der Waals surface area contributed by atoms with Gasteiger partial charge < -0.3 is 15.5 Å². The number of aromatic nitrogens is 1. The van der Waals surface area contributed by atoms with Gasteiger partial charge in [0, 0.05) is 38.1 Å². The molecular formula is C20H30Cl2N4O. The van der Waals surface area contributed by atoms with Crippen LogP contribution in [0.4, 0.5) is 5.82 Å². The van der Waals surface area contributed by atoms with Crippen LogP contribution >= 0.6 is 24.8 Å². The van der Waals surface area contributed by atoms with Crippen LogP contribution < -0.4 is 10.6 Å². The summed E-state index contributed by atoms with van der Waals surface area (Å²) < 4.78 is 0. The van der Waals surface area contributed by atoms with Crippen LogP contribution in [-0.4, -0.2) is 48.5 Å². The van der Waals surface area contributed by atoms with Crippen molar-refractivity contribution in [1.29, 1.82) is 0 Å². The van der Waals surface area contributed by atoms with Gasteiger partial charge in [-0.2, -0.15) is 0 Å². The average Bonchev–Trinajstić information content (AvgIpc) is 2.69. The van der Waals surface area contributed by atoms with E-state index in [2.05, 4.69) is 36.9 Å². The van der Waals surface area contributed by atoms with Gasteiger partial charge in [0.15, 0.2) is 0 Å². The number of piperazine rings is 1. The highest BCUT2D eigenvalue weighted by molar-refractivity contribution is 5.86. The predicted molar refractivity (Wildman–Crippen MR) is 117 cm³/mol. The summed E-state index contributed by atoms with van der Waals surface area (Å²) in [7, 11) is 0. The second-order valence-electron chi connectivity index (χ2n) is 6.83. The van der Waals surface area contributed by atoms with Crippen LogP contribution in [0.5, 0.6) is 0 Å². The number of benzene rings is 1. The zero-order valence-corrected chi connectivity index (χ0v) is 17.7. The SMILES string of the molecule is CCC(CC)(CN)C(=O)N1CCN(c2ccc3ccccc3n2)CC1.Cl.Cl. The van der Waals surface area contributed by atoms with Crippen LogP contribution in [0.15, 0.2) is 36.4 Å².